The van der Waals surface area contributed by atoms with Gasteiger partial charge in [-0.15, -0.1) is 0 Å². The normalized spacial score (nSPS) is 45.4. The fourth-order valence-electron chi connectivity index (χ4n) is 16.5. The molecule has 0 spiro atoms. The van der Waals surface area contributed by atoms with Crippen LogP contribution in [-0.4, -0.2) is 75.7 Å². The zero-order valence-electron chi connectivity index (χ0n) is 37.5. The van der Waals surface area contributed by atoms with E-state index >= 15 is 0 Å². The third-order valence-electron chi connectivity index (χ3n) is 19.5. The van der Waals surface area contributed by atoms with Crippen LogP contribution >= 0.6 is 0 Å². The van der Waals surface area contributed by atoms with Gasteiger partial charge in [-0.25, -0.2) is 4.79 Å². The molecule has 9 nitrogen and oxygen atoms in total. The van der Waals surface area contributed by atoms with Gasteiger partial charge in [-0.3, -0.25) is 14.4 Å². The van der Waals surface area contributed by atoms with E-state index < -0.39 is 23.0 Å². The van der Waals surface area contributed by atoms with Crippen LogP contribution in [0, 0.1) is 79.8 Å². The summed E-state index contributed by atoms with van der Waals surface area (Å²) in [6.45, 7) is 27.8. The highest BCUT2D eigenvalue weighted by atomic mass is 16.6. The lowest BCUT2D eigenvalue weighted by molar-refractivity contribution is -0.252. The highest BCUT2D eigenvalue weighted by Gasteiger charge is 2.73. The molecule has 0 bridgehead atoms. The van der Waals surface area contributed by atoms with Gasteiger partial charge in [0.1, 0.15) is 11.7 Å². The second kappa shape index (κ2) is 13.1. The van der Waals surface area contributed by atoms with Gasteiger partial charge in [-0.05, 0) is 156 Å². The van der Waals surface area contributed by atoms with Crippen molar-refractivity contribution in [3.05, 3.63) is 0 Å². The Kier molecular flexibility index (Phi) is 9.51. The number of amides is 2. The molecule has 6 saturated carbocycles. The number of nitrogens with zero attached hydrogens (tertiary/aromatic N) is 2. The molecular weight excluding hydrogens is 717 g/mol. The summed E-state index contributed by atoms with van der Waals surface area (Å²) in [5, 5.41) is 9.65. The largest absolute Gasteiger partial charge is 0.481 e. The van der Waals surface area contributed by atoms with E-state index in [0.29, 0.717) is 72.3 Å². The van der Waals surface area contributed by atoms with Crippen molar-refractivity contribution in [1.82, 2.24) is 9.80 Å². The molecule has 4 unspecified atom stereocenters. The lowest BCUT2D eigenvalue weighted by Crippen LogP contribution is -2.67. The van der Waals surface area contributed by atoms with E-state index in [-0.39, 0.29) is 51.7 Å². The van der Waals surface area contributed by atoms with Gasteiger partial charge in [0.15, 0.2) is 0 Å². The van der Waals surface area contributed by atoms with Crippen LogP contribution in [0.5, 0.6) is 0 Å². The lowest BCUT2D eigenvalue weighted by Gasteiger charge is -2.73. The predicted octanol–water partition coefficient (Wildman–Crippen LogP) is 9.60. The number of carboxylic acids is 1. The molecule has 14 atom stereocenters. The maximum Gasteiger partial charge on any atom is 0.410 e. The van der Waals surface area contributed by atoms with Crippen LogP contribution in [0.25, 0.3) is 0 Å². The van der Waals surface area contributed by atoms with Crippen molar-refractivity contribution in [2.75, 3.05) is 13.1 Å². The molecule has 0 aromatic carbocycles. The van der Waals surface area contributed by atoms with Gasteiger partial charge in [0, 0.05) is 42.8 Å². The molecule has 2 saturated heterocycles. The van der Waals surface area contributed by atoms with Crippen LogP contribution in [0.15, 0.2) is 0 Å². The molecule has 320 valence electrons. The number of carboxylic acid groups (broad SMARTS) is 1. The van der Waals surface area contributed by atoms with Crippen LogP contribution in [0.2, 0.25) is 0 Å². The summed E-state index contributed by atoms with van der Waals surface area (Å²) in [4.78, 5) is 57.0. The van der Waals surface area contributed by atoms with Crippen molar-refractivity contribution in [3.63, 3.8) is 0 Å². The minimum atomic E-state index is -1.15. The van der Waals surface area contributed by atoms with Crippen molar-refractivity contribution in [3.8, 4) is 0 Å². The molecule has 9 heteroatoms. The SMILES string of the molecule is CC(C)[C@@H]1CC[C@]2(CC(=O)N3CC4C5C(CN4C(=O)OC(C)(C)C)C53)CC[C@]3(C)[C@H](CC[C@@H]4[C@@]5(C)CC[C@H](OC(=O)CC(C)(C)C(=O)O)C(C)(C)[C@@H]5CC[C@]43C)[C@@H]12. The zero-order chi connectivity index (χ0) is 41.6. The summed E-state index contributed by atoms with van der Waals surface area (Å²) in [5.41, 5.74) is -1.32. The highest BCUT2D eigenvalue weighted by Crippen LogP contribution is 2.78. The van der Waals surface area contributed by atoms with Crippen LogP contribution < -0.4 is 0 Å². The van der Waals surface area contributed by atoms with E-state index in [1.807, 2.05) is 25.7 Å². The molecule has 8 fully saturated rings. The molecule has 2 amide bonds. The molecule has 6 aliphatic carbocycles. The summed E-state index contributed by atoms with van der Waals surface area (Å²) in [7, 11) is 0. The molecule has 2 aliphatic heterocycles. The first-order valence-corrected chi connectivity index (χ1v) is 23.0. The second-order valence-corrected chi connectivity index (χ2v) is 24.4. The zero-order valence-corrected chi connectivity index (χ0v) is 37.5. The van der Waals surface area contributed by atoms with Crippen LogP contribution in [0.1, 0.15) is 160 Å². The van der Waals surface area contributed by atoms with E-state index in [0.717, 1.165) is 38.6 Å². The number of hydrogen-bond acceptors (Lipinski definition) is 6. The molecule has 0 aromatic heterocycles. The van der Waals surface area contributed by atoms with Gasteiger partial charge in [-0.1, -0.05) is 48.5 Å². The quantitative estimate of drug-likeness (QED) is 0.256. The van der Waals surface area contributed by atoms with Gasteiger partial charge in [0.25, 0.3) is 0 Å². The van der Waals surface area contributed by atoms with Gasteiger partial charge in [-0.2, -0.15) is 0 Å². The van der Waals surface area contributed by atoms with E-state index in [1.165, 1.54) is 32.1 Å². The van der Waals surface area contributed by atoms with E-state index in [2.05, 4.69) is 53.4 Å². The second-order valence-electron chi connectivity index (χ2n) is 24.4. The number of ether oxygens (including phenoxy) is 2. The van der Waals surface area contributed by atoms with Crippen molar-refractivity contribution in [2.24, 2.45) is 79.8 Å². The maximum absolute atomic E-state index is 14.7. The minimum Gasteiger partial charge on any atom is -0.481 e. The molecule has 2 heterocycles. The molecule has 8 aliphatic rings. The molecular formula is C48H76N2O7. The maximum atomic E-state index is 14.7. The van der Waals surface area contributed by atoms with Crippen LogP contribution in [0.3, 0.4) is 0 Å². The summed E-state index contributed by atoms with van der Waals surface area (Å²) >= 11 is 0. The van der Waals surface area contributed by atoms with Crippen molar-refractivity contribution in [1.29, 1.82) is 0 Å². The van der Waals surface area contributed by atoms with Crippen LogP contribution in [0.4, 0.5) is 4.79 Å². The van der Waals surface area contributed by atoms with Gasteiger partial charge in [0.2, 0.25) is 5.91 Å². The van der Waals surface area contributed by atoms with Gasteiger partial charge in [0.05, 0.1) is 17.9 Å². The third kappa shape index (κ3) is 6.07. The Bertz CT molecular complexity index is 1680. The lowest BCUT2D eigenvalue weighted by atomic mass is 9.32. The van der Waals surface area contributed by atoms with E-state index in [1.54, 1.807) is 13.8 Å². The number of carbonyl (C=O) groups is 4. The first kappa shape index (κ1) is 41.4. The smallest absolute Gasteiger partial charge is 0.410 e. The average Bonchev–Trinajstić information content (AvgIpc) is 3.31. The summed E-state index contributed by atoms with van der Waals surface area (Å²) < 4.78 is 12.0. The number of likely N-dealkylation sites (tertiary alicyclic amines) is 2. The number of hydrogen-bond donors (Lipinski definition) is 1. The molecule has 1 N–H and O–H groups in total. The molecule has 57 heavy (non-hydrogen) atoms. The number of piperidine rings is 2. The van der Waals surface area contributed by atoms with Crippen molar-refractivity contribution >= 4 is 23.9 Å². The topological polar surface area (TPSA) is 113 Å². The Morgan fingerprint density at radius 3 is 2.12 bits per heavy atom. The van der Waals surface area contributed by atoms with Crippen molar-refractivity contribution < 1.29 is 33.8 Å². The molecule has 0 radical (unpaired) electrons. The van der Waals surface area contributed by atoms with E-state index in [4.69, 9.17) is 9.47 Å². The number of rotatable bonds is 7. The number of aliphatic carboxylic acids is 1. The summed E-state index contributed by atoms with van der Waals surface area (Å²) in [6.07, 6.45) is 11.4. The van der Waals surface area contributed by atoms with E-state index in [9.17, 15) is 24.3 Å². The monoisotopic (exact) mass is 793 g/mol. The average molecular weight is 793 g/mol. The Morgan fingerprint density at radius 1 is 0.789 bits per heavy atom. The van der Waals surface area contributed by atoms with Crippen LogP contribution in [-0.2, 0) is 23.9 Å². The Labute approximate surface area is 343 Å². The van der Waals surface area contributed by atoms with Crippen molar-refractivity contribution in [2.45, 2.75) is 184 Å². The number of fused-ring (bicyclic) bond motifs is 8. The minimum absolute atomic E-state index is 0.0521. The standard InChI is InChI=1S/C48H76N2O7/c1-27(2)28-15-20-48(23-35(51)50-26-31-37-29(39(37)50)25-49(31)41(55)57-42(3,4)5)22-21-46(11)30(38(28)48)13-14-33-45(10)18-17-34(56-36(52)24-43(6,7)40(53)54)44(8,9)32(45)16-19-47(33,46)12/h27-34,37-39H,13-26H2,1-12H3,(H,53,54)/t28-,29?,30+,31?,32-,33+,34-,37?,38+,39?,45-,46+,47+,48+/m0/s1. The Balaban J connectivity index is 1.00. The number of carbonyl (C=O) groups excluding carboxylic acids is 3. The van der Waals surface area contributed by atoms with Gasteiger partial charge >= 0.3 is 18.0 Å². The molecule has 0 aromatic rings. The fourth-order valence-corrected chi connectivity index (χ4v) is 16.5. The highest BCUT2D eigenvalue weighted by molar-refractivity contribution is 5.81. The number of esters is 1. The predicted molar refractivity (Wildman–Crippen MR) is 219 cm³/mol. The first-order chi connectivity index (χ1) is 26.3. The van der Waals surface area contributed by atoms with Gasteiger partial charge < -0.3 is 24.4 Å². The summed E-state index contributed by atoms with van der Waals surface area (Å²) in [6, 6.07) is 0.397. The fraction of sp³-hybridized carbons (Fsp3) is 0.917. The molecule has 8 rings (SSSR count). The third-order valence-corrected chi connectivity index (χ3v) is 19.5. The Hall–Kier alpha value is -2.32. The summed E-state index contributed by atoms with van der Waals surface area (Å²) in [5.74, 6) is 3.18. The Morgan fingerprint density at radius 2 is 1.49 bits per heavy atom. The first-order valence-electron chi connectivity index (χ1n) is 23.0.